The van der Waals surface area contributed by atoms with Crippen molar-refractivity contribution in [1.29, 1.82) is 0 Å². The molecule has 0 aliphatic carbocycles. The standard InChI is InChI=1S/C13H14N2O2/c1-9-8-10(2)15(13(16)14-9)11-4-6-12(17-3)7-5-11/h4-8H,1H2,2-3H3,(H,14,16). The first-order chi connectivity index (χ1) is 8.11. The summed E-state index contributed by atoms with van der Waals surface area (Å²) in [5.74, 6) is 0.761. The average molecular weight is 230 g/mol. The van der Waals surface area contributed by atoms with E-state index in [1.807, 2.05) is 37.3 Å². The molecule has 1 N–H and O–H groups in total. The smallest absolute Gasteiger partial charge is 0.330 e. The SMILES string of the molecule is C=C1C=C(C)N(c2ccc(OC)cc2)C(=O)N1. The van der Waals surface area contributed by atoms with Gasteiger partial charge in [0.05, 0.1) is 12.8 Å². The molecular formula is C13H14N2O2. The van der Waals surface area contributed by atoms with Crippen molar-refractivity contribution >= 4 is 11.7 Å². The van der Waals surface area contributed by atoms with Gasteiger partial charge < -0.3 is 10.1 Å². The minimum Gasteiger partial charge on any atom is -0.497 e. The molecule has 0 radical (unpaired) electrons. The van der Waals surface area contributed by atoms with Crippen molar-refractivity contribution in [1.82, 2.24) is 5.32 Å². The van der Waals surface area contributed by atoms with Gasteiger partial charge in [0.1, 0.15) is 5.75 Å². The molecule has 0 spiro atoms. The zero-order chi connectivity index (χ0) is 12.4. The summed E-state index contributed by atoms with van der Waals surface area (Å²) in [7, 11) is 1.61. The highest BCUT2D eigenvalue weighted by Gasteiger charge is 2.21. The van der Waals surface area contributed by atoms with Crippen LogP contribution in [0.4, 0.5) is 10.5 Å². The number of ether oxygens (including phenoxy) is 1. The maximum Gasteiger partial charge on any atom is 0.330 e. The summed E-state index contributed by atoms with van der Waals surface area (Å²) in [6, 6.07) is 7.12. The van der Waals surface area contributed by atoms with Crippen molar-refractivity contribution in [3.63, 3.8) is 0 Å². The van der Waals surface area contributed by atoms with Crippen LogP contribution in [0.1, 0.15) is 6.92 Å². The van der Waals surface area contributed by atoms with Crippen LogP contribution in [0.25, 0.3) is 0 Å². The number of methoxy groups -OCH3 is 1. The molecule has 17 heavy (non-hydrogen) atoms. The molecule has 0 saturated heterocycles. The molecular weight excluding hydrogens is 216 g/mol. The molecule has 2 amide bonds. The maximum atomic E-state index is 11.9. The van der Waals surface area contributed by atoms with E-state index in [4.69, 9.17) is 4.74 Å². The van der Waals surface area contributed by atoms with Crippen molar-refractivity contribution in [2.45, 2.75) is 6.92 Å². The molecule has 0 fully saturated rings. The Kier molecular flexibility index (Phi) is 2.87. The van der Waals surface area contributed by atoms with Crippen LogP contribution in [-0.4, -0.2) is 13.1 Å². The zero-order valence-corrected chi connectivity index (χ0v) is 9.86. The minimum absolute atomic E-state index is 0.194. The first-order valence-corrected chi connectivity index (χ1v) is 5.24. The normalized spacial score (nSPS) is 15.4. The van der Waals surface area contributed by atoms with Crippen LogP contribution in [0.15, 0.2) is 48.3 Å². The van der Waals surface area contributed by atoms with Crippen LogP contribution in [0.3, 0.4) is 0 Å². The second-order valence-corrected chi connectivity index (χ2v) is 3.77. The van der Waals surface area contributed by atoms with Gasteiger partial charge in [0.25, 0.3) is 0 Å². The van der Waals surface area contributed by atoms with Crippen LogP contribution in [0.5, 0.6) is 5.75 Å². The van der Waals surface area contributed by atoms with Gasteiger partial charge in [0, 0.05) is 11.4 Å². The Morgan fingerprint density at radius 2 is 1.94 bits per heavy atom. The summed E-state index contributed by atoms with van der Waals surface area (Å²) < 4.78 is 5.08. The van der Waals surface area contributed by atoms with Crippen LogP contribution < -0.4 is 15.0 Å². The van der Waals surface area contributed by atoms with Crippen molar-refractivity contribution in [3.8, 4) is 5.75 Å². The summed E-state index contributed by atoms with van der Waals surface area (Å²) in [5, 5.41) is 2.67. The summed E-state index contributed by atoms with van der Waals surface area (Å²) in [6.07, 6.45) is 1.83. The number of rotatable bonds is 2. The molecule has 0 unspecified atom stereocenters. The third kappa shape index (κ3) is 2.15. The van der Waals surface area contributed by atoms with Crippen LogP contribution >= 0.6 is 0 Å². The van der Waals surface area contributed by atoms with E-state index < -0.39 is 0 Å². The quantitative estimate of drug-likeness (QED) is 0.848. The lowest BCUT2D eigenvalue weighted by Crippen LogP contribution is -2.41. The highest BCUT2D eigenvalue weighted by atomic mass is 16.5. The van der Waals surface area contributed by atoms with Gasteiger partial charge in [-0.25, -0.2) is 4.79 Å². The Hall–Kier alpha value is -2.23. The monoisotopic (exact) mass is 230 g/mol. The molecule has 0 bridgehead atoms. The van der Waals surface area contributed by atoms with Crippen LogP contribution in [-0.2, 0) is 0 Å². The first-order valence-electron chi connectivity index (χ1n) is 5.24. The van der Waals surface area contributed by atoms with Gasteiger partial charge in [-0.3, -0.25) is 4.90 Å². The van der Waals surface area contributed by atoms with Gasteiger partial charge in [-0.05, 0) is 37.3 Å². The molecule has 0 saturated carbocycles. The minimum atomic E-state index is -0.194. The van der Waals surface area contributed by atoms with Gasteiger partial charge in [0.2, 0.25) is 0 Å². The van der Waals surface area contributed by atoms with Crippen molar-refractivity contribution in [2.75, 3.05) is 12.0 Å². The Bertz CT molecular complexity index is 489. The highest BCUT2D eigenvalue weighted by molar-refractivity contribution is 5.97. The third-order valence-electron chi connectivity index (χ3n) is 2.54. The molecule has 1 aromatic carbocycles. The molecule has 88 valence electrons. The van der Waals surface area contributed by atoms with E-state index in [0.29, 0.717) is 5.70 Å². The van der Waals surface area contributed by atoms with Gasteiger partial charge in [-0.1, -0.05) is 6.58 Å². The topological polar surface area (TPSA) is 41.6 Å². The summed E-state index contributed by atoms with van der Waals surface area (Å²) >= 11 is 0. The number of hydrogen-bond acceptors (Lipinski definition) is 2. The largest absolute Gasteiger partial charge is 0.497 e. The lowest BCUT2D eigenvalue weighted by Gasteiger charge is -2.28. The fourth-order valence-electron chi connectivity index (χ4n) is 1.76. The second kappa shape index (κ2) is 4.33. The van der Waals surface area contributed by atoms with Gasteiger partial charge in [-0.2, -0.15) is 0 Å². The molecule has 4 nitrogen and oxygen atoms in total. The predicted octanol–water partition coefficient (Wildman–Crippen LogP) is 2.64. The Morgan fingerprint density at radius 3 is 2.47 bits per heavy atom. The predicted molar refractivity (Wildman–Crippen MR) is 66.9 cm³/mol. The van der Waals surface area contributed by atoms with E-state index in [0.717, 1.165) is 17.1 Å². The average Bonchev–Trinajstić information content (AvgIpc) is 2.28. The number of anilines is 1. The Morgan fingerprint density at radius 1 is 1.29 bits per heavy atom. The molecule has 0 atom stereocenters. The molecule has 2 rings (SSSR count). The maximum absolute atomic E-state index is 11.9. The van der Waals surface area contributed by atoms with E-state index in [9.17, 15) is 4.79 Å². The number of allylic oxidation sites excluding steroid dienone is 2. The molecule has 1 heterocycles. The number of carbonyl (C=O) groups is 1. The summed E-state index contributed by atoms with van der Waals surface area (Å²) in [5.41, 5.74) is 2.24. The third-order valence-corrected chi connectivity index (χ3v) is 2.54. The highest BCUT2D eigenvalue weighted by Crippen LogP contribution is 2.25. The molecule has 1 aliphatic heterocycles. The van der Waals surface area contributed by atoms with E-state index >= 15 is 0 Å². The van der Waals surface area contributed by atoms with Crippen LogP contribution in [0, 0.1) is 0 Å². The van der Waals surface area contributed by atoms with Crippen LogP contribution in [0.2, 0.25) is 0 Å². The molecule has 4 heteroatoms. The van der Waals surface area contributed by atoms with Crippen molar-refractivity contribution in [2.24, 2.45) is 0 Å². The van der Waals surface area contributed by atoms with E-state index in [-0.39, 0.29) is 6.03 Å². The Balaban J connectivity index is 2.35. The lowest BCUT2D eigenvalue weighted by molar-refractivity contribution is 0.249. The number of nitrogens with zero attached hydrogens (tertiary/aromatic N) is 1. The van der Waals surface area contributed by atoms with E-state index in [1.54, 1.807) is 12.0 Å². The fraction of sp³-hybridized carbons (Fsp3) is 0.154. The zero-order valence-electron chi connectivity index (χ0n) is 9.86. The number of nitrogens with one attached hydrogen (secondary N) is 1. The number of benzene rings is 1. The number of urea groups is 1. The van der Waals surface area contributed by atoms with Gasteiger partial charge in [-0.15, -0.1) is 0 Å². The number of hydrogen-bond donors (Lipinski definition) is 1. The number of amides is 2. The number of carbonyl (C=O) groups excluding carboxylic acids is 1. The fourth-order valence-corrected chi connectivity index (χ4v) is 1.76. The molecule has 0 aromatic heterocycles. The summed E-state index contributed by atoms with van der Waals surface area (Å²) in [6.45, 7) is 5.58. The van der Waals surface area contributed by atoms with E-state index in [2.05, 4.69) is 11.9 Å². The van der Waals surface area contributed by atoms with Crippen molar-refractivity contribution in [3.05, 3.63) is 48.3 Å². The van der Waals surface area contributed by atoms with Crippen molar-refractivity contribution < 1.29 is 9.53 Å². The summed E-state index contributed by atoms with van der Waals surface area (Å²) in [4.78, 5) is 13.4. The Labute approximate surface area is 100 Å². The molecule has 1 aliphatic rings. The molecule has 1 aromatic rings. The first kappa shape index (κ1) is 11.3. The second-order valence-electron chi connectivity index (χ2n) is 3.77. The lowest BCUT2D eigenvalue weighted by atomic mass is 10.2. The van der Waals surface area contributed by atoms with Gasteiger partial charge >= 0.3 is 6.03 Å². The van der Waals surface area contributed by atoms with E-state index in [1.165, 1.54) is 0 Å². The van der Waals surface area contributed by atoms with Gasteiger partial charge in [0.15, 0.2) is 0 Å².